The van der Waals surface area contributed by atoms with E-state index >= 15 is 0 Å². The van der Waals surface area contributed by atoms with Crippen molar-refractivity contribution < 1.29 is 14.3 Å². The largest absolute Gasteiger partial charge is 0.497 e. The van der Waals surface area contributed by atoms with Gasteiger partial charge in [-0.05, 0) is 42.8 Å². The van der Waals surface area contributed by atoms with E-state index in [1.54, 1.807) is 38.5 Å². The number of hydrogen-bond donors (Lipinski definition) is 2. The van der Waals surface area contributed by atoms with Crippen LogP contribution in [0.25, 0.3) is 5.57 Å². The zero-order chi connectivity index (χ0) is 17.7. The number of amides is 1. The van der Waals surface area contributed by atoms with Gasteiger partial charge >= 0.3 is 0 Å². The van der Waals surface area contributed by atoms with Crippen molar-refractivity contribution in [3.8, 4) is 11.5 Å². The Morgan fingerprint density at radius 3 is 2.54 bits per heavy atom. The van der Waals surface area contributed by atoms with Crippen molar-refractivity contribution in [1.29, 1.82) is 0 Å². The fourth-order valence-electron chi connectivity index (χ4n) is 2.20. The van der Waals surface area contributed by atoms with Gasteiger partial charge in [-0.3, -0.25) is 4.79 Å². The van der Waals surface area contributed by atoms with E-state index in [2.05, 4.69) is 5.32 Å². The highest BCUT2D eigenvalue weighted by molar-refractivity contribution is 6.34. The molecule has 0 saturated heterocycles. The van der Waals surface area contributed by atoms with Gasteiger partial charge in [0.25, 0.3) is 0 Å². The maximum Gasteiger partial charge on any atom is 0.248 e. The Bertz CT molecular complexity index is 788. The summed E-state index contributed by atoms with van der Waals surface area (Å²) in [4.78, 5) is 12.2. The molecule has 2 rings (SSSR count). The molecule has 0 radical (unpaired) electrons. The highest BCUT2D eigenvalue weighted by Crippen LogP contribution is 2.30. The molecule has 0 fully saturated rings. The first-order chi connectivity index (χ1) is 11.4. The lowest BCUT2D eigenvalue weighted by Crippen LogP contribution is -2.09. The van der Waals surface area contributed by atoms with Gasteiger partial charge in [0.05, 0.1) is 24.9 Å². The normalized spacial score (nSPS) is 11.1. The minimum atomic E-state index is -0.294. The zero-order valence-corrected chi connectivity index (χ0v) is 14.5. The number of anilines is 2. The van der Waals surface area contributed by atoms with Crippen LogP contribution in [0.1, 0.15) is 12.5 Å². The van der Waals surface area contributed by atoms with Crippen molar-refractivity contribution in [1.82, 2.24) is 0 Å². The number of nitrogens with one attached hydrogen (secondary N) is 1. The second-order valence-corrected chi connectivity index (χ2v) is 5.53. The van der Waals surface area contributed by atoms with E-state index in [1.165, 1.54) is 6.08 Å². The molecule has 2 aromatic rings. The Morgan fingerprint density at radius 2 is 1.92 bits per heavy atom. The van der Waals surface area contributed by atoms with E-state index in [-0.39, 0.29) is 5.91 Å². The number of methoxy groups -OCH3 is 2. The van der Waals surface area contributed by atoms with Crippen molar-refractivity contribution in [2.24, 2.45) is 0 Å². The van der Waals surface area contributed by atoms with Crippen LogP contribution in [0.4, 0.5) is 11.4 Å². The van der Waals surface area contributed by atoms with Gasteiger partial charge in [0.1, 0.15) is 11.5 Å². The van der Waals surface area contributed by atoms with Gasteiger partial charge in [-0.2, -0.15) is 0 Å². The molecule has 0 aliphatic rings. The van der Waals surface area contributed by atoms with Crippen LogP contribution in [0, 0.1) is 0 Å². The molecule has 0 unspecified atom stereocenters. The molecule has 0 bridgehead atoms. The molecule has 1 amide bonds. The summed E-state index contributed by atoms with van der Waals surface area (Å²) in [6, 6.07) is 10.3. The Hall–Kier alpha value is -2.66. The quantitative estimate of drug-likeness (QED) is 0.634. The second kappa shape index (κ2) is 7.75. The Balaban J connectivity index is 2.22. The summed E-state index contributed by atoms with van der Waals surface area (Å²) in [6.45, 7) is 1.83. The number of nitrogens with two attached hydrogens (primary N) is 1. The molecule has 0 saturated carbocycles. The lowest BCUT2D eigenvalue weighted by Gasteiger charge is -2.11. The Labute approximate surface area is 146 Å². The van der Waals surface area contributed by atoms with E-state index in [1.807, 2.05) is 19.1 Å². The highest BCUT2D eigenvalue weighted by atomic mass is 35.5. The molecular formula is C18H19ClN2O3. The molecule has 0 spiro atoms. The third-order valence-electron chi connectivity index (χ3n) is 3.43. The fourth-order valence-corrected chi connectivity index (χ4v) is 2.44. The highest BCUT2D eigenvalue weighted by Gasteiger charge is 2.09. The Kier molecular flexibility index (Phi) is 5.71. The van der Waals surface area contributed by atoms with E-state index in [0.29, 0.717) is 27.9 Å². The van der Waals surface area contributed by atoms with Crippen LogP contribution >= 0.6 is 11.6 Å². The topological polar surface area (TPSA) is 73.6 Å². The van der Waals surface area contributed by atoms with E-state index in [0.717, 1.165) is 11.1 Å². The predicted molar refractivity (Wildman–Crippen MR) is 97.7 cm³/mol. The van der Waals surface area contributed by atoms with Crippen LogP contribution in [-0.2, 0) is 4.79 Å². The summed E-state index contributed by atoms with van der Waals surface area (Å²) >= 11 is 6.06. The number of ether oxygens (including phenoxy) is 2. The third-order valence-corrected chi connectivity index (χ3v) is 3.74. The van der Waals surface area contributed by atoms with E-state index in [4.69, 9.17) is 26.8 Å². The lowest BCUT2D eigenvalue weighted by atomic mass is 10.1. The molecule has 0 aromatic heterocycles. The van der Waals surface area contributed by atoms with Crippen LogP contribution in [0.15, 0.2) is 42.5 Å². The number of halogens is 1. The molecule has 24 heavy (non-hydrogen) atoms. The van der Waals surface area contributed by atoms with Crippen LogP contribution in [0.3, 0.4) is 0 Å². The number of carbonyl (C=O) groups is 1. The van der Waals surface area contributed by atoms with Gasteiger partial charge in [-0.1, -0.05) is 11.6 Å². The number of carbonyl (C=O) groups excluding carboxylic acids is 1. The van der Waals surface area contributed by atoms with Crippen LogP contribution in [-0.4, -0.2) is 20.1 Å². The molecule has 6 heteroatoms. The maximum absolute atomic E-state index is 12.2. The monoisotopic (exact) mass is 346 g/mol. The molecule has 2 aromatic carbocycles. The van der Waals surface area contributed by atoms with Gasteiger partial charge in [-0.15, -0.1) is 0 Å². The number of benzene rings is 2. The van der Waals surface area contributed by atoms with Crippen molar-refractivity contribution in [2.45, 2.75) is 6.92 Å². The standard InChI is InChI=1S/C18H19ClN2O3/c1-11(14-6-5-13(23-2)10-17(14)24-3)8-18(22)21-16-7-4-12(20)9-15(16)19/h4-10H,20H2,1-3H3,(H,21,22)/b11-8+. The minimum Gasteiger partial charge on any atom is -0.497 e. The van der Waals surface area contributed by atoms with Crippen LogP contribution in [0.5, 0.6) is 11.5 Å². The van der Waals surface area contributed by atoms with E-state index in [9.17, 15) is 4.79 Å². The first-order valence-electron chi connectivity index (χ1n) is 7.21. The average molecular weight is 347 g/mol. The molecule has 0 atom stereocenters. The summed E-state index contributed by atoms with van der Waals surface area (Å²) in [5, 5.41) is 3.12. The smallest absolute Gasteiger partial charge is 0.248 e. The molecule has 0 aliphatic heterocycles. The van der Waals surface area contributed by atoms with Crippen molar-refractivity contribution in [3.63, 3.8) is 0 Å². The Morgan fingerprint density at radius 1 is 1.17 bits per heavy atom. The van der Waals surface area contributed by atoms with Crippen LogP contribution in [0.2, 0.25) is 5.02 Å². The van der Waals surface area contributed by atoms with Crippen molar-refractivity contribution in [2.75, 3.05) is 25.3 Å². The van der Waals surface area contributed by atoms with Gasteiger partial charge in [-0.25, -0.2) is 0 Å². The first-order valence-corrected chi connectivity index (χ1v) is 7.59. The minimum absolute atomic E-state index is 0.294. The molecule has 0 heterocycles. The van der Waals surface area contributed by atoms with Gasteiger partial charge in [0.2, 0.25) is 5.91 Å². The van der Waals surface area contributed by atoms with Crippen molar-refractivity contribution in [3.05, 3.63) is 53.1 Å². The number of hydrogen-bond acceptors (Lipinski definition) is 4. The number of rotatable bonds is 5. The van der Waals surface area contributed by atoms with Crippen molar-refractivity contribution >= 4 is 34.5 Å². The number of nitrogen functional groups attached to an aromatic ring is 1. The summed E-state index contributed by atoms with van der Waals surface area (Å²) in [5.74, 6) is 1.01. The number of allylic oxidation sites excluding steroid dienone is 1. The van der Waals surface area contributed by atoms with Gasteiger partial charge in [0.15, 0.2) is 0 Å². The van der Waals surface area contributed by atoms with E-state index < -0.39 is 0 Å². The first kappa shape index (κ1) is 17.7. The second-order valence-electron chi connectivity index (χ2n) is 5.12. The summed E-state index contributed by atoms with van der Waals surface area (Å²) in [5.41, 5.74) is 8.23. The molecule has 0 aliphatic carbocycles. The lowest BCUT2D eigenvalue weighted by molar-refractivity contribution is -0.111. The summed E-state index contributed by atoms with van der Waals surface area (Å²) in [7, 11) is 3.15. The van der Waals surface area contributed by atoms with Gasteiger partial charge < -0.3 is 20.5 Å². The molecule has 5 nitrogen and oxygen atoms in total. The molecule has 126 valence electrons. The predicted octanol–water partition coefficient (Wildman–Crippen LogP) is 3.98. The van der Waals surface area contributed by atoms with Crippen LogP contribution < -0.4 is 20.5 Å². The molecular weight excluding hydrogens is 328 g/mol. The maximum atomic E-state index is 12.2. The summed E-state index contributed by atoms with van der Waals surface area (Å²) in [6.07, 6.45) is 1.48. The average Bonchev–Trinajstić information content (AvgIpc) is 2.56. The third kappa shape index (κ3) is 4.20. The SMILES string of the molecule is COc1ccc(/C(C)=C/C(=O)Nc2ccc(N)cc2Cl)c(OC)c1. The van der Waals surface area contributed by atoms with Gasteiger partial charge in [0, 0.05) is 23.4 Å². The summed E-state index contributed by atoms with van der Waals surface area (Å²) < 4.78 is 10.5. The molecule has 3 N–H and O–H groups in total. The fraction of sp³-hybridized carbons (Fsp3) is 0.167. The zero-order valence-electron chi connectivity index (χ0n) is 13.7.